The summed E-state index contributed by atoms with van der Waals surface area (Å²) in [5.74, 6) is 0.891. The lowest BCUT2D eigenvalue weighted by molar-refractivity contribution is -0.384. The van der Waals surface area contributed by atoms with Gasteiger partial charge in [-0.3, -0.25) is 14.9 Å². The van der Waals surface area contributed by atoms with E-state index in [9.17, 15) is 14.9 Å². The van der Waals surface area contributed by atoms with E-state index in [-0.39, 0.29) is 11.5 Å². The lowest BCUT2D eigenvalue weighted by Gasteiger charge is -2.19. The number of aryl methyl sites for hydroxylation is 1. The Kier molecular flexibility index (Phi) is 6.27. The van der Waals surface area contributed by atoms with Crippen LogP contribution in [0.5, 0.6) is 0 Å². The molecule has 0 bridgehead atoms. The Labute approximate surface area is 198 Å². The molecule has 7 nitrogen and oxygen atoms in total. The minimum atomic E-state index is -0.435. The van der Waals surface area contributed by atoms with Crippen LogP contribution in [-0.4, -0.2) is 27.3 Å². The van der Waals surface area contributed by atoms with E-state index >= 15 is 0 Å². The molecule has 4 aromatic rings. The standard InChI is InChI=1S/C27H26N4O3/c1-18(20-9-15-23(16-10-20)31(33)34)19(2)27(32)21-11-13-22(14-12-21)29(3)17-26-28-24-7-5-6-8-25(24)30(26)4/h5-16H,17H2,1-4H3/b19-18+. The van der Waals surface area contributed by atoms with E-state index in [0.717, 1.165) is 33.7 Å². The third-order valence-corrected chi connectivity index (χ3v) is 6.24. The van der Waals surface area contributed by atoms with E-state index in [1.54, 1.807) is 19.1 Å². The van der Waals surface area contributed by atoms with Crippen molar-refractivity contribution in [3.05, 3.63) is 105 Å². The predicted octanol–water partition coefficient (Wildman–Crippen LogP) is 5.79. The Hall–Kier alpha value is -4.26. The normalized spacial score (nSPS) is 11.9. The van der Waals surface area contributed by atoms with Gasteiger partial charge in [0.2, 0.25) is 0 Å². The number of fused-ring (bicyclic) bond motifs is 1. The second kappa shape index (κ2) is 9.31. The fraction of sp³-hybridized carbons (Fsp3) is 0.185. The van der Waals surface area contributed by atoms with Crippen LogP contribution in [0.25, 0.3) is 16.6 Å². The summed E-state index contributed by atoms with van der Waals surface area (Å²) < 4.78 is 2.10. The average molecular weight is 455 g/mol. The van der Waals surface area contributed by atoms with E-state index < -0.39 is 4.92 Å². The van der Waals surface area contributed by atoms with E-state index in [1.807, 2.05) is 63.5 Å². The summed E-state index contributed by atoms with van der Waals surface area (Å²) in [6.45, 7) is 4.27. The number of carbonyl (C=O) groups is 1. The van der Waals surface area contributed by atoms with Crippen LogP contribution in [0.1, 0.15) is 35.6 Å². The van der Waals surface area contributed by atoms with Crippen molar-refractivity contribution in [2.75, 3.05) is 11.9 Å². The zero-order valence-electron chi connectivity index (χ0n) is 19.6. The number of nitro groups is 1. The molecular weight excluding hydrogens is 428 g/mol. The molecule has 0 N–H and O–H groups in total. The highest BCUT2D eigenvalue weighted by atomic mass is 16.6. The molecule has 0 amide bonds. The van der Waals surface area contributed by atoms with Gasteiger partial charge in [-0.15, -0.1) is 0 Å². The van der Waals surface area contributed by atoms with Crippen LogP contribution in [0.2, 0.25) is 0 Å². The number of nitrogens with zero attached hydrogens (tertiary/aromatic N) is 4. The van der Waals surface area contributed by atoms with Gasteiger partial charge in [-0.05, 0) is 73.5 Å². The van der Waals surface area contributed by atoms with Crippen LogP contribution in [0.4, 0.5) is 11.4 Å². The molecule has 0 saturated carbocycles. The highest BCUT2D eigenvalue weighted by Gasteiger charge is 2.15. The van der Waals surface area contributed by atoms with Crippen molar-refractivity contribution in [1.29, 1.82) is 0 Å². The first-order valence-corrected chi connectivity index (χ1v) is 10.9. The van der Waals surface area contributed by atoms with Crippen molar-refractivity contribution in [1.82, 2.24) is 9.55 Å². The molecule has 0 spiro atoms. The number of imidazole rings is 1. The minimum absolute atomic E-state index is 0.0267. The smallest absolute Gasteiger partial charge is 0.269 e. The maximum Gasteiger partial charge on any atom is 0.269 e. The van der Waals surface area contributed by atoms with Crippen LogP contribution >= 0.6 is 0 Å². The molecule has 7 heteroatoms. The number of non-ortho nitro benzene ring substituents is 1. The van der Waals surface area contributed by atoms with Crippen molar-refractivity contribution in [2.24, 2.45) is 7.05 Å². The zero-order valence-corrected chi connectivity index (χ0v) is 19.6. The van der Waals surface area contributed by atoms with Gasteiger partial charge in [-0.1, -0.05) is 12.1 Å². The van der Waals surface area contributed by atoms with Crippen molar-refractivity contribution in [3.63, 3.8) is 0 Å². The highest BCUT2D eigenvalue weighted by molar-refractivity contribution is 6.12. The molecule has 172 valence electrons. The fourth-order valence-electron chi connectivity index (χ4n) is 3.94. The molecule has 0 atom stereocenters. The molecule has 0 aliphatic heterocycles. The van der Waals surface area contributed by atoms with Crippen LogP contribution < -0.4 is 4.90 Å². The second-order valence-corrected chi connectivity index (χ2v) is 8.36. The summed E-state index contributed by atoms with van der Waals surface area (Å²) in [6, 6.07) is 21.8. The van der Waals surface area contributed by atoms with Crippen molar-refractivity contribution in [3.8, 4) is 0 Å². The van der Waals surface area contributed by atoms with Crippen LogP contribution in [-0.2, 0) is 13.6 Å². The number of nitro benzene ring substituents is 1. The summed E-state index contributed by atoms with van der Waals surface area (Å²) in [4.78, 5) is 30.3. The minimum Gasteiger partial charge on any atom is -0.367 e. The second-order valence-electron chi connectivity index (χ2n) is 8.36. The molecule has 34 heavy (non-hydrogen) atoms. The lowest BCUT2D eigenvalue weighted by Crippen LogP contribution is -2.19. The third-order valence-electron chi connectivity index (χ3n) is 6.24. The Morgan fingerprint density at radius 2 is 1.59 bits per heavy atom. The third kappa shape index (κ3) is 4.45. The number of carbonyl (C=O) groups excluding carboxylic acids is 1. The van der Waals surface area contributed by atoms with Gasteiger partial charge < -0.3 is 9.47 Å². The van der Waals surface area contributed by atoms with Gasteiger partial charge in [0.05, 0.1) is 22.5 Å². The topological polar surface area (TPSA) is 81.3 Å². The van der Waals surface area contributed by atoms with Crippen molar-refractivity contribution < 1.29 is 9.72 Å². The maximum absolute atomic E-state index is 13.1. The van der Waals surface area contributed by atoms with Gasteiger partial charge in [0.25, 0.3) is 5.69 Å². The number of Topliss-reactive ketones (excluding diaryl/α,β-unsaturated/α-hetero) is 1. The predicted molar refractivity (Wildman–Crippen MR) is 135 cm³/mol. The number of rotatable bonds is 7. The molecule has 0 aliphatic carbocycles. The number of aromatic nitrogens is 2. The molecule has 0 saturated heterocycles. The van der Waals surface area contributed by atoms with Gasteiger partial charge in [-0.25, -0.2) is 4.98 Å². The largest absolute Gasteiger partial charge is 0.367 e. The zero-order chi connectivity index (χ0) is 24.4. The maximum atomic E-state index is 13.1. The Morgan fingerprint density at radius 3 is 2.21 bits per heavy atom. The Balaban J connectivity index is 1.50. The summed E-state index contributed by atoms with van der Waals surface area (Å²) in [5, 5.41) is 10.9. The number of benzene rings is 3. The van der Waals surface area contributed by atoms with Crippen molar-refractivity contribution >= 4 is 33.8 Å². The number of allylic oxidation sites excluding steroid dienone is 2. The number of hydrogen-bond donors (Lipinski definition) is 0. The van der Waals surface area contributed by atoms with E-state index in [2.05, 4.69) is 15.5 Å². The van der Waals surface area contributed by atoms with Crippen molar-refractivity contribution in [2.45, 2.75) is 20.4 Å². The average Bonchev–Trinajstić information content (AvgIpc) is 3.17. The monoisotopic (exact) mass is 454 g/mol. The van der Waals surface area contributed by atoms with Gasteiger partial charge in [0, 0.05) is 43.1 Å². The first kappa shape index (κ1) is 22.9. The van der Waals surface area contributed by atoms with Gasteiger partial charge >= 0.3 is 0 Å². The van der Waals surface area contributed by atoms with Gasteiger partial charge in [-0.2, -0.15) is 0 Å². The molecule has 1 aromatic heterocycles. The van der Waals surface area contributed by atoms with Gasteiger partial charge in [0.15, 0.2) is 5.78 Å². The highest BCUT2D eigenvalue weighted by Crippen LogP contribution is 2.25. The first-order valence-electron chi connectivity index (χ1n) is 10.9. The summed E-state index contributed by atoms with van der Waals surface area (Å²) in [7, 11) is 4.02. The molecule has 4 rings (SSSR count). The molecular formula is C27H26N4O3. The number of hydrogen-bond acceptors (Lipinski definition) is 5. The number of anilines is 1. The fourth-order valence-corrected chi connectivity index (χ4v) is 3.94. The Bertz CT molecular complexity index is 1400. The summed E-state index contributed by atoms with van der Waals surface area (Å²) in [6.07, 6.45) is 0. The van der Waals surface area contributed by atoms with Crippen LogP contribution in [0.3, 0.4) is 0 Å². The summed E-state index contributed by atoms with van der Waals surface area (Å²) in [5.41, 5.74) is 5.86. The van der Waals surface area contributed by atoms with E-state index in [1.165, 1.54) is 12.1 Å². The quantitative estimate of drug-likeness (QED) is 0.153. The van der Waals surface area contributed by atoms with E-state index in [0.29, 0.717) is 17.7 Å². The Morgan fingerprint density at radius 1 is 0.971 bits per heavy atom. The number of para-hydroxylation sites is 2. The van der Waals surface area contributed by atoms with E-state index in [4.69, 9.17) is 4.98 Å². The molecule has 0 unspecified atom stereocenters. The number of ketones is 1. The summed E-state index contributed by atoms with van der Waals surface area (Å²) >= 11 is 0. The first-order chi connectivity index (χ1) is 16.3. The molecule has 0 radical (unpaired) electrons. The van der Waals surface area contributed by atoms with Crippen LogP contribution in [0, 0.1) is 10.1 Å². The molecule has 0 aliphatic rings. The van der Waals surface area contributed by atoms with Gasteiger partial charge in [0.1, 0.15) is 5.82 Å². The molecule has 1 heterocycles. The molecule has 3 aromatic carbocycles. The van der Waals surface area contributed by atoms with Crippen LogP contribution in [0.15, 0.2) is 78.4 Å². The molecule has 0 fully saturated rings. The SMILES string of the molecule is C/C(C(=O)c1ccc(N(C)Cc2nc3ccccc3n2C)cc1)=C(/C)c1ccc([N+](=O)[O-])cc1. The lowest BCUT2D eigenvalue weighted by atomic mass is 9.96.